The van der Waals surface area contributed by atoms with E-state index >= 15 is 0 Å². The second-order valence-corrected chi connectivity index (χ2v) is 9.00. The van der Waals surface area contributed by atoms with Gasteiger partial charge in [0, 0.05) is 56.9 Å². The fourth-order valence-corrected chi connectivity index (χ4v) is 4.05. The first-order chi connectivity index (χ1) is 18.5. The highest BCUT2D eigenvalue weighted by atomic mass is 16.5. The Balaban J connectivity index is 1.46. The minimum atomic E-state index is 0.383. The maximum absolute atomic E-state index is 5.96. The van der Waals surface area contributed by atoms with E-state index in [1.54, 1.807) is 20.4 Å². The number of rotatable bonds is 13. The smallest absolute Gasteiger partial charge is 0.215 e. The van der Waals surface area contributed by atoms with Crippen LogP contribution in [0.5, 0.6) is 23.1 Å². The van der Waals surface area contributed by atoms with Gasteiger partial charge in [-0.15, -0.1) is 0 Å². The van der Waals surface area contributed by atoms with Crippen molar-refractivity contribution in [3.63, 3.8) is 0 Å². The molecule has 0 amide bonds. The Morgan fingerprint density at radius 3 is 1.87 bits per heavy atom. The third-order valence-corrected chi connectivity index (χ3v) is 6.03. The van der Waals surface area contributed by atoms with Gasteiger partial charge >= 0.3 is 0 Å². The topological polar surface area (TPSA) is 56.3 Å². The number of ether oxygens (including phenoxy) is 4. The van der Waals surface area contributed by atoms with E-state index in [4.69, 9.17) is 18.9 Å². The average molecular weight is 514 g/mol. The maximum Gasteiger partial charge on any atom is 0.215 e. The molecular weight excluding hydrogens is 478 g/mol. The molecule has 38 heavy (non-hydrogen) atoms. The van der Waals surface area contributed by atoms with E-state index in [9.17, 15) is 0 Å². The summed E-state index contributed by atoms with van der Waals surface area (Å²) in [6.45, 7) is 2.17. The third kappa shape index (κ3) is 7.56. The van der Waals surface area contributed by atoms with Crippen LogP contribution in [0.4, 0.5) is 11.4 Å². The molecule has 4 rings (SSSR count). The molecule has 7 nitrogen and oxygen atoms in total. The van der Waals surface area contributed by atoms with Crippen LogP contribution in [0, 0.1) is 0 Å². The van der Waals surface area contributed by atoms with Crippen molar-refractivity contribution in [3.05, 3.63) is 102 Å². The average Bonchev–Trinajstić information content (AvgIpc) is 2.95. The second kappa shape index (κ2) is 13.2. The number of pyridine rings is 1. The van der Waals surface area contributed by atoms with Crippen molar-refractivity contribution in [3.8, 4) is 23.1 Å². The number of benzene rings is 3. The highest BCUT2D eigenvalue weighted by Gasteiger charge is 2.12. The zero-order chi connectivity index (χ0) is 26.7. The molecule has 0 aliphatic carbocycles. The quantitative estimate of drug-likeness (QED) is 0.209. The summed E-state index contributed by atoms with van der Waals surface area (Å²) < 4.78 is 22.7. The first-order valence-electron chi connectivity index (χ1n) is 12.5. The molecule has 0 aliphatic heterocycles. The molecule has 0 N–H and O–H groups in total. The molecule has 0 saturated heterocycles. The van der Waals surface area contributed by atoms with Crippen molar-refractivity contribution in [1.29, 1.82) is 0 Å². The van der Waals surface area contributed by atoms with Gasteiger partial charge < -0.3 is 28.7 Å². The van der Waals surface area contributed by atoms with Gasteiger partial charge in [-0.3, -0.25) is 0 Å². The number of methoxy groups -OCH3 is 2. The molecule has 3 aromatic carbocycles. The molecular formula is C31H35N3O4. The number of hydrogen-bond donors (Lipinski definition) is 0. The monoisotopic (exact) mass is 513 g/mol. The van der Waals surface area contributed by atoms with Crippen molar-refractivity contribution in [1.82, 2.24) is 4.98 Å². The standard InChI is InChI=1S/C31H35N3O4/c1-33(2)26-10-7-13-30(20-26)37-16-17-38-31-21-27(14-15-32-31)34(22-24-8-5-11-28(18-24)35-3)23-25-9-6-12-29(19-25)36-4/h5-15,18-21H,16-17,22-23H2,1-4H3. The molecule has 7 heteroatoms. The minimum Gasteiger partial charge on any atom is -0.497 e. The molecule has 0 fully saturated rings. The Morgan fingerprint density at radius 2 is 1.24 bits per heavy atom. The Labute approximate surface area is 225 Å². The molecule has 4 aromatic rings. The molecule has 1 aromatic heterocycles. The fraction of sp³-hybridized carbons (Fsp3) is 0.258. The van der Waals surface area contributed by atoms with E-state index in [-0.39, 0.29) is 0 Å². The van der Waals surface area contributed by atoms with Crippen LogP contribution in [0.3, 0.4) is 0 Å². The Hall–Kier alpha value is -4.39. The van der Waals surface area contributed by atoms with Crippen LogP contribution in [0.1, 0.15) is 11.1 Å². The highest BCUT2D eigenvalue weighted by Crippen LogP contribution is 2.26. The zero-order valence-corrected chi connectivity index (χ0v) is 22.5. The lowest BCUT2D eigenvalue weighted by atomic mass is 10.1. The lowest BCUT2D eigenvalue weighted by Crippen LogP contribution is -2.22. The Kier molecular flexibility index (Phi) is 9.29. The van der Waals surface area contributed by atoms with Crippen LogP contribution < -0.4 is 28.7 Å². The molecule has 198 valence electrons. The lowest BCUT2D eigenvalue weighted by molar-refractivity contribution is 0.212. The van der Waals surface area contributed by atoms with E-state index in [1.807, 2.05) is 79.7 Å². The van der Waals surface area contributed by atoms with Gasteiger partial charge in [0.1, 0.15) is 30.5 Å². The van der Waals surface area contributed by atoms with E-state index in [2.05, 4.69) is 34.1 Å². The van der Waals surface area contributed by atoms with Crippen LogP contribution in [0.25, 0.3) is 0 Å². The van der Waals surface area contributed by atoms with Crippen LogP contribution in [0.2, 0.25) is 0 Å². The van der Waals surface area contributed by atoms with E-state index in [1.165, 1.54) is 0 Å². The number of aromatic nitrogens is 1. The molecule has 1 heterocycles. The lowest BCUT2D eigenvalue weighted by Gasteiger charge is -2.26. The molecule has 0 unspecified atom stereocenters. The van der Waals surface area contributed by atoms with Crippen LogP contribution in [-0.4, -0.2) is 46.5 Å². The van der Waals surface area contributed by atoms with Crippen LogP contribution in [0.15, 0.2) is 91.1 Å². The van der Waals surface area contributed by atoms with Gasteiger partial charge in [0.15, 0.2) is 0 Å². The minimum absolute atomic E-state index is 0.383. The molecule has 0 aliphatic rings. The summed E-state index contributed by atoms with van der Waals surface area (Å²) >= 11 is 0. The number of nitrogens with zero attached hydrogens (tertiary/aromatic N) is 3. The van der Waals surface area contributed by atoms with Crippen molar-refractivity contribution in [2.45, 2.75) is 13.1 Å². The first kappa shape index (κ1) is 26.7. The third-order valence-electron chi connectivity index (χ3n) is 6.03. The zero-order valence-electron chi connectivity index (χ0n) is 22.5. The van der Waals surface area contributed by atoms with Gasteiger partial charge in [-0.2, -0.15) is 0 Å². The highest BCUT2D eigenvalue weighted by molar-refractivity contribution is 5.51. The SMILES string of the molecule is COc1cccc(CN(Cc2cccc(OC)c2)c2ccnc(OCCOc3cccc(N(C)C)c3)c2)c1. The molecule has 0 radical (unpaired) electrons. The predicted octanol–water partition coefficient (Wildman–Crippen LogP) is 5.83. The number of anilines is 2. The van der Waals surface area contributed by atoms with Gasteiger partial charge in [-0.25, -0.2) is 4.98 Å². The largest absolute Gasteiger partial charge is 0.497 e. The summed E-state index contributed by atoms with van der Waals surface area (Å²) in [6, 6.07) is 28.2. The van der Waals surface area contributed by atoms with Gasteiger partial charge in [-0.05, 0) is 53.6 Å². The van der Waals surface area contributed by atoms with E-state index < -0.39 is 0 Å². The number of hydrogen-bond acceptors (Lipinski definition) is 7. The summed E-state index contributed by atoms with van der Waals surface area (Å²) in [6.07, 6.45) is 1.77. The predicted molar refractivity (Wildman–Crippen MR) is 152 cm³/mol. The van der Waals surface area contributed by atoms with Crippen LogP contribution >= 0.6 is 0 Å². The summed E-state index contributed by atoms with van der Waals surface area (Å²) in [7, 11) is 7.38. The fourth-order valence-electron chi connectivity index (χ4n) is 4.05. The van der Waals surface area contributed by atoms with Gasteiger partial charge in [-0.1, -0.05) is 30.3 Å². The Morgan fingerprint density at radius 1 is 0.632 bits per heavy atom. The molecule has 0 bridgehead atoms. The Bertz CT molecular complexity index is 1260. The molecule has 0 saturated carbocycles. The van der Waals surface area contributed by atoms with Crippen molar-refractivity contribution >= 4 is 11.4 Å². The second-order valence-electron chi connectivity index (χ2n) is 9.00. The van der Waals surface area contributed by atoms with Gasteiger partial charge in [0.05, 0.1) is 14.2 Å². The van der Waals surface area contributed by atoms with Crippen molar-refractivity contribution in [2.24, 2.45) is 0 Å². The van der Waals surface area contributed by atoms with Gasteiger partial charge in [0.25, 0.3) is 0 Å². The van der Waals surface area contributed by atoms with E-state index in [0.29, 0.717) is 32.2 Å². The molecule has 0 spiro atoms. The van der Waals surface area contributed by atoms with Gasteiger partial charge in [0.2, 0.25) is 5.88 Å². The van der Waals surface area contributed by atoms with Crippen molar-refractivity contribution in [2.75, 3.05) is 51.3 Å². The summed E-state index contributed by atoms with van der Waals surface area (Å²) in [4.78, 5) is 8.74. The van der Waals surface area contributed by atoms with Crippen molar-refractivity contribution < 1.29 is 18.9 Å². The first-order valence-corrected chi connectivity index (χ1v) is 12.5. The van der Waals surface area contributed by atoms with E-state index in [0.717, 1.165) is 39.8 Å². The maximum atomic E-state index is 5.96. The summed E-state index contributed by atoms with van der Waals surface area (Å²) in [5.74, 6) is 3.02. The molecule has 0 atom stereocenters. The summed E-state index contributed by atoms with van der Waals surface area (Å²) in [5, 5.41) is 0. The summed E-state index contributed by atoms with van der Waals surface area (Å²) in [5.41, 5.74) is 4.37. The van der Waals surface area contributed by atoms with Crippen LogP contribution in [-0.2, 0) is 13.1 Å². The normalized spacial score (nSPS) is 10.5.